The van der Waals surface area contributed by atoms with Crippen molar-refractivity contribution in [3.63, 3.8) is 0 Å². The summed E-state index contributed by atoms with van der Waals surface area (Å²) < 4.78 is 74.1. The van der Waals surface area contributed by atoms with Crippen LogP contribution in [-0.4, -0.2) is 11.1 Å². The van der Waals surface area contributed by atoms with Crippen LogP contribution in [0.3, 0.4) is 0 Å². The molecule has 2 N–H and O–H groups in total. The number of carbonyl (C=O) groups excluding carboxylic acids is 1. The predicted molar refractivity (Wildman–Crippen MR) is 110 cm³/mol. The number of ether oxygens (including phenoxy) is 1. The molecule has 0 radical (unpaired) electrons. The van der Waals surface area contributed by atoms with Crippen LogP contribution in [0.2, 0.25) is 0 Å². The molecule has 1 heterocycles. The average molecular weight is 464 g/mol. The monoisotopic (exact) mass is 464 g/mol. The first-order valence-electron chi connectivity index (χ1n) is 9.75. The van der Waals surface area contributed by atoms with E-state index in [0.29, 0.717) is 16.8 Å². The number of halogens is 5. The number of aliphatic hydroxyl groups excluding tert-OH is 1. The second-order valence-corrected chi connectivity index (χ2v) is 7.33. The Kier molecular flexibility index (Phi) is 5.94. The zero-order valence-electron chi connectivity index (χ0n) is 16.9. The number of hydrogen-bond acceptors (Lipinski definition) is 3. The Hall–Kier alpha value is -3.66. The van der Waals surface area contributed by atoms with Gasteiger partial charge in [-0.3, -0.25) is 4.90 Å². The van der Waals surface area contributed by atoms with Gasteiger partial charge in [-0.1, -0.05) is 18.2 Å². The third-order valence-corrected chi connectivity index (χ3v) is 5.18. The number of amides is 2. The van der Waals surface area contributed by atoms with Crippen molar-refractivity contribution in [3.8, 4) is 5.75 Å². The molecule has 0 saturated carbocycles. The number of fused-ring (bicyclic) bond motifs is 1. The highest BCUT2D eigenvalue weighted by molar-refractivity contribution is 6.05. The Morgan fingerprint density at radius 1 is 1.03 bits per heavy atom. The molecular weight excluding hydrogens is 447 g/mol. The van der Waals surface area contributed by atoms with E-state index in [-0.39, 0.29) is 24.5 Å². The van der Waals surface area contributed by atoms with Crippen LogP contribution in [0.5, 0.6) is 5.75 Å². The van der Waals surface area contributed by atoms with Crippen molar-refractivity contribution in [3.05, 3.63) is 88.5 Å². The molecule has 0 spiro atoms. The summed E-state index contributed by atoms with van der Waals surface area (Å²) in [6, 6.07) is 9.97. The molecule has 0 saturated heterocycles. The Labute approximate surface area is 185 Å². The lowest BCUT2D eigenvalue weighted by Gasteiger charge is -2.31. The summed E-state index contributed by atoms with van der Waals surface area (Å²) in [6.07, 6.45) is -4.77. The smallest absolute Gasteiger partial charge is 0.418 e. The van der Waals surface area contributed by atoms with E-state index < -0.39 is 41.7 Å². The van der Waals surface area contributed by atoms with Crippen molar-refractivity contribution < 1.29 is 36.6 Å². The summed E-state index contributed by atoms with van der Waals surface area (Å²) in [5.41, 5.74) is -0.447. The van der Waals surface area contributed by atoms with Gasteiger partial charge in [0.05, 0.1) is 30.0 Å². The van der Waals surface area contributed by atoms with Gasteiger partial charge in [-0.15, -0.1) is 0 Å². The third-order valence-electron chi connectivity index (χ3n) is 5.18. The number of alkyl halides is 3. The SMILES string of the molecule is O=C1Nc2cc(CO)ccc2CN1c1cc(OCc2c(F)cccc2F)ccc1C(F)(F)F. The number of urea groups is 1. The zero-order chi connectivity index (χ0) is 23.8. The van der Waals surface area contributed by atoms with Gasteiger partial charge in [0.1, 0.15) is 24.0 Å². The molecule has 0 aliphatic carbocycles. The highest BCUT2D eigenvalue weighted by Crippen LogP contribution is 2.41. The molecule has 5 nitrogen and oxygen atoms in total. The summed E-state index contributed by atoms with van der Waals surface area (Å²) >= 11 is 0. The van der Waals surface area contributed by atoms with Gasteiger partial charge in [0.2, 0.25) is 0 Å². The van der Waals surface area contributed by atoms with E-state index in [9.17, 15) is 31.9 Å². The molecule has 2 amide bonds. The Morgan fingerprint density at radius 3 is 2.42 bits per heavy atom. The van der Waals surface area contributed by atoms with Crippen LogP contribution in [0.1, 0.15) is 22.3 Å². The molecule has 3 aromatic carbocycles. The van der Waals surface area contributed by atoms with Crippen molar-refractivity contribution in [2.24, 2.45) is 0 Å². The van der Waals surface area contributed by atoms with Gasteiger partial charge in [0.15, 0.2) is 0 Å². The van der Waals surface area contributed by atoms with Crippen LogP contribution >= 0.6 is 0 Å². The Bertz CT molecular complexity index is 1190. The van der Waals surface area contributed by atoms with Gasteiger partial charge in [-0.25, -0.2) is 13.6 Å². The summed E-state index contributed by atoms with van der Waals surface area (Å²) in [5.74, 6) is -1.80. The van der Waals surface area contributed by atoms with Gasteiger partial charge >= 0.3 is 12.2 Å². The lowest BCUT2D eigenvalue weighted by molar-refractivity contribution is -0.137. The molecule has 0 unspecified atom stereocenters. The first-order valence-corrected chi connectivity index (χ1v) is 9.75. The molecule has 0 aromatic heterocycles. The van der Waals surface area contributed by atoms with E-state index in [4.69, 9.17) is 4.74 Å². The maximum Gasteiger partial charge on any atom is 0.418 e. The third kappa shape index (κ3) is 4.61. The van der Waals surface area contributed by atoms with E-state index in [1.165, 1.54) is 12.1 Å². The van der Waals surface area contributed by atoms with Crippen LogP contribution in [0.15, 0.2) is 54.6 Å². The van der Waals surface area contributed by atoms with Gasteiger partial charge < -0.3 is 15.2 Å². The first kappa shape index (κ1) is 22.5. The van der Waals surface area contributed by atoms with E-state index >= 15 is 0 Å². The lowest BCUT2D eigenvalue weighted by atomic mass is 10.0. The molecule has 33 heavy (non-hydrogen) atoms. The molecule has 10 heteroatoms. The molecule has 3 aromatic rings. The van der Waals surface area contributed by atoms with Gasteiger partial charge in [-0.05, 0) is 41.5 Å². The molecule has 0 atom stereocenters. The zero-order valence-corrected chi connectivity index (χ0v) is 16.9. The highest BCUT2D eigenvalue weighted by atomic mass is 19.4. The Balaban J connectivity index is 1.68. The summed E-state index contributed by atoms with van der Waals surface area (Å²) in [6.45, 7) is -0.975. The number of rotatable bonds is 5. The molecule has 0 fully saturated rings. The number of nitrogens with one attached hydrogen (secondary N) is 1. The second kappa shape index (κ2) is 8.70. The predicted octanol–water partition coefficient (Wildman–Crippen LogP) is 5.61. The quantitative estimate of drug-likeness (QED) is 0.483. The maximum absolute atomic E-state index is 13.8. The molecule has 1 aliphatic rings. The van der Waals surface area contributed by atoms with Gasteiger partial charge in [0, 0.05) is 11.8 Å². The standard InChI is InChI=1S/C23H17F5N2O3/c24-18-2-1-3-19(25)16(18)12-33-15-6-7-17(23(26,27)28)21(9-15)30-10-14-5-4-13(11-31)8-20(14)29-22(30)32/h1-9,31H,10-12H2,(H,29,32). The number of nitrogens with zero attached hydrogens (tertiary/aromatic N) is 1. The fourth-order valence-corrected chi connectivity index (χ4v) is 3.49. The van der Waals surface area contributed by atoms with Crippen molar-refractivity contribution in [2.45, 2.75) is 25.9 Å². The molecule has 172 valence electrons. The van der Waals surface area contributed by atoms with Crippen LogP contribution in [0.25, 0.3) is 0 Å². The fourth-order valence-electron chi connectivity index (χ4n) is 3.49. The number of hydrogen-bond donors (Lipinski definition) is 2. The van der Waals surface area contributed by atoms with Crippen molar-refractivity contribution in [1.82, 2.24) is 0 Å². The summed E-state index contributed by atoms with van der Waals surface area (Å²) in [5, 5.41) is 11.8. The number of aliphatic hydroxyl groups is 1. The van der Waals surface area contributed by atoms with E-state index in [0.717, 1.165) is 35.2 Å². The number of benzene rings is 3. The minimum atomic E-state index is -4.77. The first-order chi connectivity index (χ1) is 15.7. The molecule has 0 bridgehead atoms. The largest absolute Gasteiger partial charge is 0.489 e. The summed E-state index contributed by atoms with van der Waals surface area (Å²) in [4.78, 5) is 13.6. The molecular formula is C23H17F5N2O3. The van der Waals surface area contributed by atoms with Crippen molar-refractivity contribution in [1.29, 1.82) is 0 Å². The normalized spacial score (nSPS) is 13.5. The second-order valence-electron chi connectivity index (χ2n) is 7.33. The topological polar surface area (TPSA) is 61.8 Å². The maximum atomic E-state index is 13.8. The molecule has 4 rings (SSSR count). The van der Waals surface area contributed by atoms with E-state index in [1.54, 1.807) is 12.1 Å². The van der Waals surface area contributed by atoms with E-state index in [1.807, 2.05) is 0 Å². The van der Waals surface area contributed by atoms with Crippen LogP contribution in [-0.2, 0) is 25.9 Å². The van der Waals surface area contributed by atoms with Gasteiger partial charge in [-0.2, -0.15) is 13.2 Å². The minimum absolute atomic E-state index is 0.102. The average Bonchev–Trinajstić information content (AvgIpc) is 2.77. The number of carbonyl (C=O) groups is 1. The van der Waals surface area contributed by atoms with Gasteiger partial charge in [0.25, 0.3) is 0 Å². The fraction of sp³-hybridized carbons (Fsp3) is 0.174. The minimum Gasteiger partial charge on any atom is -0.489 e. The highest BCUT2D eigenvalue weighted by Gasteiger charge is 2.37. The van der Waals surface area contributed by atoms with Crippen LogP contribution in [0.4, 0.5) is 38.1 Å². The Morgan fingerprint density at radius 2 is 1.76 bits per heavy atom. The van der Waals surface area contributed by atoms with Crippen molar-refractivity contribution in [2.75, 3.05) is 10.2 Å². The van der Waals surface area contributed by atoms with Crippen LogP contribution in [0, 0.1) is 11.6 Å². The lowest BCUT2D eigenvalue weighted by Crippen LogP contribution is -2.39. The number of anilines is 2. The summed E-state index contributed by atoms with van der Waals surface area (Å²) in [7, 11) is 0. The van der Waals surface area contributed by atoms with Crippen molar-refractivity contribution >= 4 is 17.4 Å². The van der Waals surface area contributed by atoms with Crippen LogP contribution < -0.4 is 15.0 Å². The molecule has 1 aliphatic heterocycles. The van der Waals surface area contributed by atoms with E-state index in [2.05, 4.69) is 5.32 Å².